The van der Waals surface area contributed by atoms with E-state index in [0.717, 1.165) is 22.5 Å². The van der Waals surface area contributed by atoms with Gasteiger partial charge in [0.1, 0.15) is 0 Å². The van der Waals surface area contributed by atoms with Crippen molar-refractivity contribution in [3.63, 3.8) is 0 Å². The predicted octanol–water partition coefficient (Wildman–Crippen LogP) is 2.22. The molecule has 0 aliphatic carbocycles. The first kappa shape index (κ1) is 13.9. The van der Waals surface area contributed by atoms with E-state index in [1.807, 2.05) is 27.7 Å². The minimum Gasteiger partial charge on any atom is -0.398 e. The van der Waals surface area contributed by atoms with Crippen molar-refractivity contribution in [2.24, 2.45) is 0 Å². The third-order valence-corrected chi connectivity index (χ3v) is 2.74. The molecular formula is C13H22N2O2. The number of hydrogen-bond donors (Lipinski definition) is 1. The first-order valence-electron chi connectivity index (χ1n) is 5.96. The molecule has 17 heavy (non-hydrogen) atoms. The molecule has 4 nitrogen and oxygen atoms in total. The summed E-state index contributed by atoms with van der Waals surface area (Å²) in [5.41, 5.74) is 9.67. The molecule has 1 unspecified atom stereocenters. The molecule has 0 aromatic carbocycles. The van der Waals surface area contributed by atoms with Gasteiger partial charge in [-0.25, -0.2) is 0 Å². The first-order chi connectivity index (χ1) is 8.06. The van der Waals surface area contributed by atoms with Gasteiger partial charge in [0.2, 0.25) is 0 Å². The Balaban J connectivity index is 2.55. The maximum Gasteiger partial charge on any atom is 0.0896 e. The largest absolute Gasteiger partial charge is 0.398 e. The van der Waals surface area contributed by atoms with Crippen LogP contribution in [0.5, 0.6) is 0 Å². The van der Waals surface area contributed by atoms with E-state index in [1.54, 1.807) is 6.20 Å². The van der Waals surface area contributed by atoms with Gasteiger partial charge in [-0.15, -0.1) is 0 Å². The number of nitrogen functional groups attached to an aromatic ring is 1. The van der Waals surface area contributed by atoms with Gasteiger partial charge >= 0.3 is 0 Å². The normalized spacial score (nSPS) is 12.7. The fourth-order valence-electron chi connectivity index (χ4n) is 1.49. The molecule has 1 heterocycles. The Morgan fingerprint density at radius 2 is 2.12 bits per heavy atom. The molecule has 4 heteroatoms. The second kappa shape index (κ2) is 6.57. The van der Waals surface area contributed by atoms with Crippen molar-refractivity contribution in [2.75, 3.05) is 18.9 Å². The molecule has 0 saturated heterocycles. The van der Waals surface area contributed by atoms with Crippen LogP contribution in [-0.2, 0) is 16.1 Å². The Morgan fingerprint density at radius 3 is 2.76 bits per heavy atom. The highest BCUT2D eigenvalue weighted by atomic mass is 16.5. The summed E-state index contributed by atoms with van der Waals surface area (Å²) in [6, 6.07) is 0. The lowest BCUT2D eigenvalue weighted by atomic mass is 10.1. The van der Waals surface area contributed by atoms with Crippen LogP contribution in [0.1, 0.15) is 30.7 Å². The lowest BCUT2D eigenvalue weighted by Crippen LogP contribution is -2.16. The molecule has 1 atom stereocenters. The van der Waals surface area contributed by atoms with E-state index in [0.29, 0.717) is 19.8 Å². The summed E-state index contributed by atoms with van der Waals surface area (Å²) >= 11 is 0. The quantitative estimate of drug-likeness (QED) is 0.825. The van der Waals surface area contributed by atoms with Crippen LogP contribution >= 0.6 is 0 Å². The summed E-state index contributed by atoms with van der Waals surface area (Å²) in [4.78, 5) is 4.35. The highest BCUT2D eigenvalue weighted by molar-refractivity contribution is 5.53. The maximum atomic E-state index is 5.95. The van der Waals surface area contributed by atoms with E-state index in [4.69, 9.17) is 15.2 Å². The molecular weight excluding hydrogens is 216 g/mol. The van der Waals surface area contributed by atoms with Crippen LogP contribution in [0, 0.1) is 13.8 Å². The summed E-state index contributed by atoms with van der Waals surface area (Å²) in [6.07, 6.45) is 1.85. The van der Waals surface area contributed by atoms with E-state index >= 15 is 0 Å². The zero-order valence-electron chi connectivity index (χ0n) is 11.1. The molecule has 1 aromatic rings. The van der Waals surface area contributed by atoms with Crippen LogP contribution in [-0.4, -0.2) is 24.3 Å². The van der Waals surface area contributed by atoms with Crippen LogP contribution in [0.3, 0.4) is 0 Å². The summed E-state index contributed by atoms with van der Waals surface area (Å²) in [5.74, 6) is 0. The van der Waals surface area contributed by atoms with Crippen molar-refractivity contribution in [1.82, 2.24) is 4.98 Å². The van der Waals surface area contributed by atoms with Gasteiger partial charge in [-0.05, 0) is 38.8 Å². The average Bonchev–Trinajstić information content (AvgIpc) is 2.32. The molecule has 0 radical (unpaired) electrons. The summed E-state index contributed by atoms with van der Waals surface area (Å²) in [6.45, 7) is 9.68. The number of nitrogens with zero attached hydrogens (tertiary/aromatic N) is 1. The van der Waals surface area contributed by atoms with E-state index in [-0.39, 0.29) is 6.10 Å². The fraction of sp³-hybridized carbons (Fsp3) is 0.615. The number of pyridine rings is 1. The number of aryl methyl sites for hydroxylation is 1. The molecule has 0 spiro atoms. The number of hydrogen-bond acceptors (Lipinski definition) is 4. The number of rotatable bonds is 6. The van der Waals surface area contributed by atoms with Gasteiger partial charge in [0.05, 0.1) is 25.0 Å². The topological polar surface area (TPSA) is 57.4 Å². The SMILES string of the molecule is CCOCC(C)OCc1ncc(C)c(N)c1C. The van der Waals surface area contributed by atoms with Crippen molar-refractivity contribution in [3.05, 3.63) is 23.0 Å². The van der Waals surface area contributed by atoms with Crippen molar-refractivity contribution < 1.29 is 9.47 Å². The molecule has 2 N–H and O–H groups in total. The van der Waals surface area contributed by atoms with Crippen molar-refractivity contribution >= 4 is 5.69 Å². The highest BCUT2D eigenvalue weighted by Crippen LogP contribution is 2.18. The molecule has 1 rings (SSSR count). The molecule has 1 aromatic heterocycles. The van der Waals surface area contributed by atoms with Gasteiger partial charge in [-0.3, -0.25) is 4.98 Å². The Kier molecular flexibility index (Phi) is 5.38. The zero-order chi connectivity index (χ0) is 12.8. The standard InChI is InChI=1S/C13H22N2O2/c1-5-16-7-10(3)17-8-12-11(4)13(14)9(2)6-15-12/h6,10H,5,7-8H2,1-4H3,(H2,14,15). The molecule has 0 fully saturated rings. The van der Waals surface area contributed by atoms with Crippen LogP contribution in [0.25, 0.3) is 0 Å². The fourth-order valence-corrected chi connectivity index (χ4v) is 1.49. The number of nitrogens with two attached hydrogens (primary N) is 1. The number of anilines is 1. The van der Waals surface area contributed by atoms with Crippen LogP contribution in [0.15, 0.2) is 6.20 Å². The Bertz CT molecular complexity index is 367. The average molecular weight is 238 g/mol. The molecule has 0 bridgehead atoms. The van der Waals surface area contributed by atoms with E-state index in [9.17, 15) is 0 Å². The molecule has 0 saturated carbocycles. The van der Waals surface area contributed by atoms with Crippen LogP contribution in [0.2, 0.25) is 0 Å². The van der Waals surface area contributed by atoms with Gasteiger partial charge in [-0.2, -0.15) is 0 Å². The third-order valence-electron chi connectivity index (χ3n) is 2.74. The summed E-state index contributed by atoms with van der Waals surface area (Å²) in [7, 11) is 0. The van der Waals surface area contributed by atoms with Crippen LogP contribution in [0.4, 0.5) is 5.69 Å². The van der Waals surface area contributed by atoms with Crippen molar-refractivity contribution in [2.45, 2.75) is 40.4 Å². The summed E-state index contributed by atoms with van der Waals surface area (Å²) < 4.78 is 10.9. The third kappa shape index (κ3) is 3.98. The van der Waals surface area contributed by atoms with Gasteiger partial charge in [0, 0.05) is 18.5 Å². The lowest BCUT2D eigenvalue weighted by molar-refractivity contribution is -0.0129. The van der Waals surface area contributed by atoms with E-state index < -0.39 is 0 Å². The van der Waals surface area contributed by atoms with E-state index in [2.05, 4.69) is 4.98 Å². The smallest absolute Gasteiger partial charge is 0.0896 e. The number of aromatic nitrogens is 1. The molecule has 0 aliphatic rings. The lowest BCUT2D eigenvalue weighted by Gasteiger charge is -2.14. The van der Waals surface area contributed by atoms with Gasteiger partial charge in [0.25, 0.3) is 0 Å². The van der Waals surface area contributed by atoms with Gasteiger partial charge < -0.3 is 15.2 Å². The van der Waals surface area contributed by atoms with Crippen molar-refractivity contribution in [3.8, 4) is 0 Å². The van der Waals surface area contributed by atoms with E-state index in [1.165, 1.54) is 0 Å². The minimum absolute atomic E-state index is 0.0682. The zero-order valence-corrected chi connectivity index (χ0v) is 11.1. The molecule has 96 valence electrons. The minimum atomic E-state index is 0.0682. The number of ether oxygens (including phenoxy) is 2. The van der Waals surface area contributed by atoms with Crippen LogP contribution < -0.4 is 5.73 Å². The monoisotopic (exact) mass is 238 g/mol. The molecule has 0 aliphatic heterocycles. The van der Waals surface area contributed by atoms with Crippen molar-refractivity contribution in [1.29, 1.82) is 0 Å². The highest BCUT2D eigenvalue weighted by Gasteiger charge is 2.08. The Hall–Kier alpha value is -1.13. The maximum absolute atomic E-state index is 5.95. The molecule has 0 amide bonds. The second-order valence-corrected chi connectivity index (χ2v) is 4.21. The predicted molar refractivity (Wildman–Crippen MR) is 68.9 cm³/mol. The van der Waals surface area contributed by atoms with Gasteiger partial charge in [0.15, 0.2) is 0 Å². The van der Waals surface area contributed by atoms with Gasteiger partial charge in [-0.1, -0.05) is 0 Å². The summed E-state index contributed by atoms with van der Waals surface area (Å²) in [5, 5.41) is 0. The first-order valence-corrected chi connectivity index (χ1v) is 5.96. The second-order valence-electron chi connectivity index (χ2n) is 4.21. The Labute approximate surface area is 103 Å². The Morgan fingerprint density at radius 1 is 1.41 bits per heavy atom.